The van der Waals surface area contributed by atoms with E-state index < -0.39 is 22.9 Å². The van der Waals surface area contributed by atoms with E-state index in [4.69, 9.17) is 0 Å². The third kappa shape index (κ3) is 6.67. The highest BCUT2D eigenvalue weighted by atomic mass is 32.2. The number of halogens is 3. The summed E-state index contributed by atoms with van der Waals surface area (Å²) < 4.78 is 41.4. The Bertz CT molecular complexity index is 1720. The highest BCUT2D eigenvalue weighted by Gasteiger charge is 2.32. The molecule has 2 N–H and O–H groups in total. The molecule has 2 aliphatic heterocycles. The van der Waals surface area contributed by atoms with Crippen molar-refractivity contribution < 1.29 is 22.8 Å². The number of rotatable bonds is 7. The van der Waals surface area contributed by atoms with Gasteiger partial charge in [0, 0.05) is 43.0 Å². The molecule has 0 unspecified atom stereocenters. The van der Waals surface area contributed by atoms with E-state index >= 15 is 0 Å². The number of nitrogens with zero attached hydrogens (tertiary/aromatic N) is 5. The van der Waals surface area contributed by atoms with Crippen LogP contribution in [0.25, 0.3) is 28.2 Å². The molecule has 0 bridgehead atoms. The molecule has 6 rings (SSSR count). The number of nitrogens with one attached hydrogen (secondary N) is 2. The van der Waals surface area contributed by atoms with Crippen LogP contribution in [0, 0.1) is 5.92 Å². The molecule has 2 aliphatic rings. The third-order valence-corrected chi connectivity index (χ3v) is 8.16. The Kier molecular flexibility index (Phi) is 8.08. The maximum atomic E-state index is 13.8. The minimum absolute atomic E-state index is 0.202. The maximum Gasteiger partial charge on any atom is 0.416 e. The molecular formula is C30H26F3N7O2S. The number of carbonyl (C=O) groups is 2. The number of hydrogen-bond donors (Lipinski definition) is 2. The van der Waals surface area contributed by atoms with Crippen molar-refractivity contribution in [2.24, 2.45) is 5.92 Å². The van der Waals surface area contributed by atoms with Crippen molar-refractivity contribution in [1.82, 2.24) is 30.6 Å². The number of pyridine rings is 2. The normalized spacial score (nSPS) is 17.2. The molecule has 2 amide bonds. The number of fused-ring (bicyclic) bond motifs is 1. The molecule has 5 heterocycles. The van der Waals surface area contributed by atoms with Crippen LogP contribution in [-0.2, 0) is 17.5 Å². The van der Waals surface area contributed by atoms with Gasteiger partial charge in [0.1, 0.15) is 0 Å². The summed E-state index contributed by atoms with van der Waals surface area (Å²) in [6.45, 7) is 2.25. The minimum Gasteiger partial charge on any atom is -0.341 e. The van der Waals surface area contributed by atoms with Gasteiger partial charge in [-0.2, -0.15) is 13.2 Å². The molecule has 220 valence electrons. The maximum absolute atomic E-state index is 13.8. The van der Waals surface area contributed by atoms with Crippen molar-refractivity contribution in [3.05, 3.63) is 82.8 Å². The molecule has 2 saturated heterocycles. The van der Waals surface area contributed by atoms with Crippen LogP contribution in [0.15, 0.2) is 65.8 Å². The zero-order valence-corrected chi connectivity index (χ0v) is 23.6. The van der Waals surface area contributed by atoms with Crippen molar-refractivity contribution in [3.8, 4) is 11.3 Å². The number of benzene rings is 1. The summed E-state index contributed by atoms with van der Waals surface area (Å²) in [4.78, 5) is 43.4. The van der Waals surface area contributed by atoms with E-state index in [1.807, 2.05) is 24.3 Å². The molecule has 0 spiro atoms. The van der Waals surface area contributed by atoms with E-state index in [0.717, 1.165) is 42.1 Å². The molecule has 0 radical (unpaired) electrons. The Morgan fingerprint density at radius 3 is 2.58 bits per heavy atom. The second-order valence-electron chi connectivity index (χ2n) is 10.3. The third-order valence-electron chi connectivity index (χ3n) is 7.35. The first-order valence-corrected chi connectivity index (χ1v) is 14.5. The average molecular weight is 606 g/mol. The van der Waals surface area contributed by atoms with Crippen molar-refractivity contribution in [2.75, 3.05) is 24.5 Å². The van der Waals surface area contributed by atoms with Crippen LogP contribution in [0.5, 0.6) is 0 Å². The van der Waals surface area contributed by atoms with Crippen LogP contribution in [0.2, 0.25) is 0 Å². The van der Waals surface area contributed by atoms with E-state index in [2.05, 4.69) is 35.5 Å². The van der Waals surface area contributed by atoms with Gasteiger partial charge in [-0.05, 0) is 73.5 Å². The molecule has 3 aromatic heterocycles. The lowest BCUT2D eigenvalue weighted by Crippen LogP contribution is -2.38. The number of hydrogen-bond acceptors (Lipinski definition) is 9. The van der Waals surface area contributed by atoms with E-state index in [1.165, 1.54) is 0 Å². The van der Waals surface area contributed by atoms with E-state index in [-0.39, 0.29) is 17.1 Å². The van der Waals surface area contributed by atoms with Crippen LogP contribution >= 0.6 is 11.8 Å². The van der Waals surface area contributed by atoms with Gasteiger partial charge in [-0.3, -0.25) is 24.9 Å². The fourth-order valence-electron chi connectivity index (χ4n) is 5.19. The van der Waals surface area contributed by atoms with Crippen molar-refractivity contribution in [3.63, 3.8) is 0 Å². The zero-order valence-electron chi connectivity index (χ0n) is 22.8. The van der Waals surface area contributed by atoms with E-state index in [9.17, 15) is 22.8 Å². The van der Waals surface area contributed by atoms with E-state index in [0.29, 0.717) is 54.0 Å². The number of imide groups is 1. The SMILES string of the molecule is O=C1NC(=O)/C(=C/c2ccnc(N3CCC(CNCc4cc(C(F)(F)F)cc(-c5ccnc6ccccc56)n4)CC3)n2)S1. The predicted molar refractivity (Wildman–Crippen MR) is 158 cm³/mol. The summed E-state index contributed by atoms with van der Waals surface area (Å²) in [5.41, 5.74) is 1.67. The molecule has 43 heavy (non-hydrogen) atoms. The highest BCUT2D eigenvalue weighted by Crippen LogP contribution is 2.34. The summed E-state index contributed by atoms with van der Waals surface area (Å²) >= 11 is 0.836. The number of carbonyl (C=O) groups excluding carboxylic acids is 2. The van der Waals surface area contributed by atoms with Gasteiger partial charge in [0.05, 0.1) is 33.1 Å². The van der Waals surface area contributed by atoms with Crippen LogP contribution in [0.4, 0.5) is 23.9 Å². The number of anilines is 1. The van der Waals surface area contributed by atoms with Crippen molar-refractivity contribution in [1.29, 1.82) is 0 Å². The van der Waals surface area contributed by atoms with Gasteiger partial charge in [-0.25, -0.2) is 9.97 Å². The highest BCUT2D eigenvalue weighted by molar-refractivity contribution is 8.18. The average Bonchev–Trinajstić information content (AvgIpc) is 3.32. The van der Waals surface area contributed by atoms with Crippen molar-refractivity contribution >= 4 is 45.8 Å². The van der Waals surface area contributed by atoms with E-state index in [1.54, 1.807) is 30.6 Å². The predicted octanol–water partition coefficient (Wildman–Crippen LogP) is 5.44. The first-order valence-electron chi connectivity index (χ1n) is 13.7. The number of amides is 2. The number of para-hydroxylation sites is 1. The van der Waals surface area contributed by atoms with Crippen LogP contribution in [0.3, 0.4) is 0 Å². The smallest absolute Gasteiger partial charge is 0.341 e. The molecule has 0 aliphatic carbocycles. The standard InChI is InChI=1S/C30H26F3N7O2S/c31-30(32,33)19-13-21(37-25(14-19)23-6-10-35-24-4-2-1-3-22(23)24)17-34-16-18-7-11-40(12-8-18)28-36-9-5-20(38-28)15-26-27(41)39-29(42)43-26/h1-6,9-10,13-15,18,34H,7-8,11-12,16-17H2,(H,39,41,42)/b26-15-. The summed E-state index contributed by atoms with van der Waals surface area (Å²) in [6.07, 6.45) is 1.96. The largest absolute Gasteiger partial charge is 0.416 e. The lowest BCUT2D eigenvalue weighted by molar-refractivity contribution is -0.137. The number of aromatic nitrogens is 4. The van der Waals surface area contributed by atoms with Crippen LogP contribution in [-0.4, -0.2) is 50.7 Å². The molecule has 0 saturated carbocycles. The zero-order chi connectivity index (χ0) is 30.0. The first-order chi connectivity index (χ1) is 20.7. The molecule has 2 fully saturated rings. The van der Waals surface area contributed by atoms with Crippen LogP contribution in [0.1, 0.15) is 29.8 Å². The number of thioether (sulfide) groups is 1. The second kappa shape index (κ2) is 12.1. The molecule has 1 aromatic carbocycles. The van der Waals surface area contributed by atoms with Gasteiger partial charge in [0.15, 0.2) is 0 Å². The van der Waals surface area contributed by atoms with Gasteiger partial charge in [0.2, 0.25) is 5.95 Å². The summed E-state index contributed by atoms with van der Waals surface area (Å²) in [6, 6.07) is 12.9. The first kappa shape index (κ1) is 28.7. The van der Waals surface area contributed by atoms with Crippen LogP contribution < -0.4 is 15.5 Å². The Labute approximate surface area is 249 Å². The monoisotopic (exact) mass is 605 g/mol. The van der Waals surface area contributed by atoms with Gasteiger partial charge in [-0.15, -0.1) is 0 Å². The molecule has 9 nitrogen and oxygen atoms in total. The quantitative estimate of drug-likeness (QED) is 0.266. The fourth-order valence-corrected chi connectivity index (χ4v) is 5.86. The van der Waals surface area contributed by atoms with Gasteiger partial charge in [0.25, 0.3) is 11.1 Å². The second-order valence-corrected chi connectivity index (χ2v) is 11.3. The summed E-state index contributed by atoms with van der Waals surface area (Å²) in [7, 11) is 0. The Morgan fingerprint density at radius 2 is 1.81 bits per heavy atom. The van der Waals surface area contributed by atoms with Gasteiger partial charge in [-0.1, -0.05) is 18.2 Å². The molecule has 0 atom stereocenters. The summed E-state index contributed by atoms with van der Waals surface area (Å²) in [5, 5.41) is 5.87. The molecule has 4 aromatic rings. The topological polar surface area (TPSA) is 113 Å². The number of alkyl halides is 3. The summed E-state index contributed by atoms with van der Waals surface area (Å²) in [5.74, 6) is 0.422. The lowest BCUT2D eigenvalue weighted by atomic mass is 9.97. The Morgan fingerprint density at radius 1 is 1.02 bits per heavy atom. The van der Waals surface area contributed by atoms with Gasteiger partial charge < -0.3 is 10.2 Å². The Hall–Kier alpha value is -4.36. The minimum atomic E-state index is -4.50. The fraction of sp³-hybridized carbons (Fsp3) is 0.267. The van der Waals surface area contributed by atoms with Gasteiger partial charge >= 0.3 is 6.18 Å². The van der Waals surface area contributed by atoms with Crippen molar-refractivity contribution in [2.45, 2.75) is 25.6 Å². The Balaban J connectivity index is 1.09. The lowest BCUT2D eigenvalue weighted by Gasteiger charge is -2.32. The molecular weight excluding hydrogens is 579 g/mol. The molecule has 13 heteroatoms. The number of piperidine rings is 1.